The number of phenols is 2. The van der Waals surface area contributed by atoms with Crippen LogP contribution in [-0.2, 0) is 65.0 Å². The van der Waals surface area contributed by atoms with Gasteiger partial charge in [-0.05, 0) is 167 Å². The highest BCUT2D eigenvalue weighted by atomic mass is 16.6. The molecule has 408 valence electrons. The van der Waals surface area contributed by atoms with Crippen molar-refractivity contribution in [1.29, 1.82) is 0 Å². The van der Waals surface area contributed by atoms with Gasteiger partial charge in [0.2, 0.25) is 0 Å². The van der Waals surface area contributed by atoms with Crippen molar-refractivity contribution in [3.8, 4) is 23.0 Å². The number of aromatic hydroxyl groups is 2. The number of nitrogens with zero attached hydrogens (tertiary/aromatic N) is 2. The summed E-state index contributed by atoms with van der Waals surface area (Å²) in [6.45, 7) is 13.3. The Hall–Kier alpha value is -5.22. The van der Waals surface area contributed by atoms with E-state index in [4.69, 9.17) is 28.4 Å². The van der Waals surface area contributed by atoms with E-state index < -0.39 is 45.3 Å². The van der Waals surface area contributed by atoms with E-state index in [0.717, 1.165) is 86.7 Å². The van der Waals surface area contributed by atoms with Gasteiger partial charge in [0.15, 0.2) is 23.0 Å². The monoisotopic (exact) mass is 1040 g/mol. The Labute approximate surface area is 449 Å². The summed E-state index contributed by atoms with van der Waals surface area (Å²) in [5.74, 6) is 1.05. The molecule has 4 aliphatic carbocycles. The minimum atomic E-state index is -0.588. The van der Waals surface area contributed by atoms with Gasteiger partial charge in [0.1, 0.15) is 35.5 Å². The van der Waals surface area contributed by atoms with Crippen LogP contribution in [0.3, 0.4) is 0 Å². The summed E-state index contributed by atoms with van der Waals surface area (Å²) >= 11 is 0. The van der Waals surface area contributed by atoms with E-state index in [2.05, 4.69) is 46.7 Å². The van der Waals surface area contributed by atoms with Gasteiger partial charge in [0.25, 0.3) is 0 Å². The number of hydrogen-bond donors (Lipinski definition) is 4. The van der Waals surface area contributed by atoms with Crippen molar-refractivity contribution in [2.75, 3.05) is 41.4 Å². The molecule has 4 N–H and O–H groups in total. The predicted molar refractivity (Wildman–Crippen MR) is 289 cm³/mol. The normalized spacial score (nSPS) is 32.3. The Kier molecular flexibility index (Phi) is 13.4. The third-order valence-corrected chi connectivity index (χ3v) is 18.9. The van der Waals surface area contributed by atoms with Gasteiger partial charge in [-0.25, -0.2) is 0 Å². The molecule has 2 saturated carbocycles. The lowest BCUT2D eigenvalue weighted by Crippen LogP contribution is -2.78. The first-order valence-electron chi connectivity index (χ1n) is 27.8. The second-order valence-corrected chi connectivity index (χ2v) is 25.2. The molecule has 4 bridgehead atoms. The molecule has 8 aliphatic rings. The lowest BCUT2D eigenvalue weighted by Gasteiger charge is -2.65. The summed E-state index contributed by atoms with van der Waals surface area (Å²) < 4.78 is 38.4. The number of ether oxygens (including phenoxy) is 6. The first kappa shape index (κ1) is 52.8. The van der Waals surface area contributed by atoms with Gasteiger partial charge < -0.3 is 48.4 Å². The fourth-order valence-electron chi connectivity index (χ4n) is 16.0. The second kappa shape index (κ2) is 19.3. The van der Waals surface area contributed by atoms with Crippen molar-refractivity contribution in [1.82, 2.24) is 20.4 Å². The van der Waals surface area contributed by atoms with Crippen LogP contribution in [0.5, 0.6) is 23.0 Å². The van der Waals surface area contributed by atoms with E-state index >= 15 is 0 Å². The van der Waals surface area contributed by atoms with Gasteiger partial charge in [-0.15, -0.1) is 0 Å². The van der Waals surface area contributed by atoms with E-state index in [1.54, 1.807) is 12.1 Å². The summed E-state index contributed by atoms with van der Waals surface area (Å²) in [4.78, 5) is 31.9. The number of likely N-dealkylation sites (tertiary alicyclic amines) is 2. The summed E-state index contributed by atoms with van der Waals surface area (Å²) in [5, 5.41) is 29.3. The highest BCUT2D eigenvalue weighted by Gasteiger charge is 2.75. The molecule has 0 radical (unpaired) electrons. The number of phenolic OH excluding ortho intramolecular Hbond substituents is 2. The van der Waals surface area contributed by atoms with Gasteiger partial charge in [0, 0.05) is 49.5 Å². The van der Waals surface area contributed by atoms with Crippen LogP contribution < -0.4 is 20.1 Å². The average Bonchev–Trinajstić information content (AvgIpc) is 4.15. The summed E-state index contributed by atoms with van der Waals surface area (Å²) in [5.41, 5.74) is 4.04. The molecule has 4 heterocycles. The Bertz CT molecular complexity index is 2640. The maximum atomic E-state index is 13.5. The summed E-state index contributed by atoms with van der Waals surface area (Å²) in [6, 6.07) is 26.9. The van der Waals surface area contributed by atoms with Gasteiger partial charge >= 0.3 is 11.9 Å². The van der Waals surface area contributed by atoms with E-state index in [1.807, 2.05) is 116 Å². The quantitative estimate of drug-likeness (QED) is 0.103. The average molecular weight is 1040 g/mol. The third kappa shape index (κ3) is 8.33. The SMILES string of the molecule is CO[C@@]12CC[C@@H](N[C@@H](Cc3ccccc3)C(=O)OC(C)(C)C)[C@@H]3Oc4c(O)ccc5c4[C@@]31CCN(C)C2C5.CO[C@@]12CC[C@H](N[C@@H](Cc3ccccc3)C(=O)OC(C)(C)C)[C@@H]3Oc4c(O)ccc5c4[C@@]31CCN(C)C2C5. The number of nitrogens with one attached hydrogen (secondary N) is 2. The standard InChI is InChI=1S/2C31H40N2O5/c2*1-29(2,3)38-28(35)22(17-19-9-7-6-8-10-19)32-21-13-14-31(36-5)24-18-20-11-12-23(34)26-25(20)30(31,27(21)37-26)15-16-33(24)4/h2*6-12,21-22,24,27,32,34H,13-18H2,1-5H3/t21-,22+,24?,27+,30+,31-;21-,22-,24?,27-,30-,31+/m10/s1. The largest absolute Gasteiger partial charge is 0.504 e. The van der Waals surface area contributed by atoms with Gasteiger partial charge in [-0.2, -0.15) is 0 Å². The van der Waals surface area contributed by atoms with Crippen molar-refractivity contribution in [3.63, 3.8) is 0 Å². The molecule has 14 nitrogen and oxygen atoms in total. The molecule has 4 aromatic carbocycles. The highest BCUT2D eigenvalue weighted by molar-refractivity contribution is 5.77. The number of carbonyl (C=O) groups excluding carboxylic acids is 2. The molecular weight excluding hydrogens is 961 g/mol. The van der Waals surface area contributed by atoms with Crippen LogP contribution in [0.2, 0.25) is 0 Å². The number of methoxy groups -OCH3 is 2. The first-order chi connectivity index (χ1) is 36.2. The van der Waals surface area contributed by atoms with Crippen LogP contribution in [0.4, 0.5) is 0 Å². The minimum absolute atomic E-state index is 0.110. The number of benzene rings is 4. The van der Waals surface area contributed by atoms with Gasteiger partial charge in [0.05, 0.1) is 22.0 Å². The third-order valence-electron chi connectivity index (χ3n) is 18.9. The van der Waals surface area contributed by atoms with E-state index in [1.165, 1.54) is 11.1 Å². The van der Waals surface area contributed by atoms with Crippen LogP contribution in [0, 0.1) is 0 Å². The fraction of sp³-hybridized carbons (Fsp3) is 0.581. The lowest BCUT2D eigenvalue weighted by molar-refractivity contribution is -0.204. The van der Waals surface area contributed by atoms with E-state index in [-0.39, 0.29) is 59.8 Å². The zero-order valence-corrected chi connectivity index (χ0v) is 46.2. The Morgan fingerprint density at radius 1 is 0.605 bits per heavy atom. The van der Waals surface area contributed by atoms with E-state index in [0.29, 0.717) is 24.3 Å². The molecule has 2 spiro atoms. The van der Waals surface area contributed by atoms with E-state index in [9.17, 15) is 19.8 Å². The maximum absolute atomic E-state index is 13.5. The first-order valence-corrected chi connectivity index (χ1v) is 27.8. The zero-order chi connectivity index (χ0) is 53.7. The van der Waals surface area contributed by atoms with Crippen LogP contribution >= 0.6 is 0 Å². The highest BCUT2D eigenvalue weighted by Crippen LogP contribution is 2.68. The Morgan fingerprint density at radius 2 is 0.987 bits per heavy atom. The molecule has 0 amide bonds. The molecule has 2 saturated heterocycles. The molecule has 12 rings (SSSR count). The smallest absolute Gasteiger partial charge is 0.324 e. The molecular formula is C62H80N4O10. The molecule has 0 aromatic heterocycles. The zero-order valence-electron chi connectivity index (χ0n) is 46.2. The molecule has 14 heteroatoms. The Balaban J connectivity index is 0.000000162. The molecule has 76 heavy (non-hydrogen) atoms. The van der Waals surface area contributed by atoms with Crippen molar-refractivity contribution in [3.05, 3.63) is 118 Å². The van der Waals surface area contributed by atoms with Crippen molar-refractivity contribution >= 4 is 11.9 Å². The maximum Gasteiger partial charge on any atom is 0.324 e. The summed E-state index contributed by atoms with van der Waals surface area (Å²) in [7, 11) is 8.06. The molecule has 4 fully saturated rings. The number of esters is 2. The van der Waals surface area contributed by atoms with Crippen LogP contribution in [0.1, 0.15) is 113 Å². The van der Waals surface area contributed by atoms with Gasteiger partial charge in [-0.3, -0.25) is 20.2 Å². The molecule has 12 atom stereocenters. The van der Waals surface area contributed by atoms with Crippen LogP contribution in [-0.4, -0.2) is 144 Å². The van der Waals surface area contributed by atoms with Crippen molar-refractivity contribution < 1.29 is 48.2 Å². The second-order valence-electron chi connectivity index (χ2n) is 25.2. The fourth-order valence-corrected chi connectivity index (χ4v) is 16.0. The van der Waals surface area contributed by atoms with Crippen LogP contribution in [0.15, 0.2) is 84.9 Å². The molecule has 2 unspecified atom stereocenters. The number of rotatable bonds is 12. The lowest BCUT2D eigenvalue weighted by atomic mass is 9.48. The van der Waals surface area contributed by atoms with Gasteiger partial charge in [-0.1, -0.05) is 72.8 Å². The number of carbonyl (C=O) groups is 2. The topological polar surface area (TPSA) is 161 Å². The number of piperidine rings is 2. The predicted octanol–water partition coefficient (Wildman–Crippen LogP) is 7.48. The number of hydrogen-bond acceptors (Lipinski definition) is 14. The van der Waals surface area contributed by atoms with Crippen LogP contribution in [0.25, 0.3) is 0 Å². The Morgan fingerprint density at radius 3 is 1.34 bits per heavy atom. The van der Waals surface area contributed by atoms with Crippen molar-refractivity contribution in [2.45, 2.75) is 187 Å². The molecule has 4 aromatic rings. The minimum Gasteiger partial charge on any atom is -0.504 e. The summed E-state index contributed by atoms with van der Waals surface area (Å²) in [6.07, 6.45) is 7.28. The van der Waals surface area contributed by atoms with Crippen molar-refractivity contribution in [2.24, 2.45) is 0 Å². The molecule has 4 aliphatic heterocycles. The number of likely N-dealkylation sites (N-methyl/N-ethyl adjacent to an activating group) is 2.